The summed E-state index contributed by atoms with van der Waals surface area (Å²) in [6.07, 6.45) is 2.36. The number of nitrogens with zero attached hydrogens (tertiary/aromatic N) is 3. The molecule has 3 rings (SSSR count). The maximum absolute atomic E-state index is 12.5. The molecule has 0 saturated carbocycles. The van der Waals surface area contributed by atoms with Crippen LogP contribution in [0.15, 0.2) is 28.8 Å². The van der Waals surface area contributed by atoms with Gasteiger partial charge in [-0.3, -0.25) is 4.90 Å². The number of ether oxygens (including phenoxy) is 1. The fourth-order valence-electron chi connectivity index (χ4n) is 2.84. The van der Waals surface area contributed by atoms with Gasteiger partial charge in [0.1, 0.15) is 11.6 Å². The van der Waals surface area contributed by atoms with Crippen molar-refractivity contribution in [3.8, 4) is 11.4 Å². The van der Waals surface area contributed by atoms with Crippen LogP contribution >= 0.6 is 11.6 Å². The molecule has 1 aromatic carbocycles. The summed E-state index contributed by atoms with van der Waals surface area (Å²) < 4.78 is 11.0. The number of rotatable bonds is 2. The molecule has 0 aliphatic carbocycles. The molecule has 1 fully saturated rings. The van der Waals surface area contributed by atoms with Crippen LogP contribution in [-0.4, -0.2) is 33.3 Å². The number of aromatic nitrogens is 2. The van der Waals surface area contributed by atoms with Gasteiger partial charge in [-0.15, -0.1) is 0 Å². The normalized spacial score (nSPS) is 18.2. The van der Waals surface area contributed by atoms with Gasteiger partial charge >= 0.3 is 6.09 Å². The average molecular weight is 364 g/mol. The van der Waals surface area contributed by atoms with Crippen molar-refractivity contribution in [1.29, 1.82) is 0 Å². The number of amides is 1. The van der Waals surface area contributed by atoms with Crippen LogP contribution in [0.4, 0.5) is 4.79 Å². The zero-order chi connectivity index (χ0) is 18.0. The molecule has 134 valence electrons. The lowest BCUT2D eigenvalue weighted by Gasteiger charge is -2.34. The van der Waals surface area contributed by atoms with E-state index in [-0.39, 0.29) is 12.1 Å². The van der Waals surface area contributed by atoms with Crippen LogP contribution in [0, 0.1) is 0 Å². The third-order valence-electron chi connectivity index (χ3n) is 3.94. The van der Waals surface area contributed by atoms with E-state index in [2.05, 4.69) is 10.1 Å². The quantitative estimate of drug-likeness (QED) is 0.762. The molecule has 6 nitrogen and oxygen atoms in total. The Morgan fingerprint density at radius 3 is 2.88 bits per heavy atom. The van der Waals surface area contributed by atoms with E-state index in [9.17, 15) is 4.79 Å². The predicted molar refractivity (Wildman–Crippen MR) is 94.3 cm³/mol. The van der Waals surface area contributed by atoms with Gasteiger partial charge < -0.3 is 9.26 Å². The molecule has 2 aromatic rings. The second kappa shape index (κ2) is 7.04. The molecule has 0 radical (unpaired) electrons. The van der Waals surface area contributed by atoms with Gasteiger partial charge in [-0.25, -0.2) is 4.79 Å². The second-order valence-electron chi connectivity index (χ2n) is 7.15. The number of halogens is 1. The number of carbonyl (C=O) groups is 1. The van der Waals surface area contributed by atoms with Crippen LogP contribution in [0.2, 0.25) is 5.02 Å². The molecule has 1 aromatic heterocycles. The van der Waals surface area contributed by atoms with Crippen molar-refractivity contribution >= 4 is 17.7 Å². The molecule has 1 amide bonds. The molecule has 1 saturated heterocycles. The van der Waals surface area contributed by atoms with Gasteiger partial charge in [0.2, 0.25) is 11.7 Å². The highest BCUT2D eigenvalue weighted by atomic mass is 35.5. The number of benzene rings is 1. The topological polar surface area (TPSA) is 68.5 Å². The van der Waals surface area contributed by atoms with Gasteiger partial charge in [-0.05, 0) is 52.2 Å². The van der Waals surface area contributed by atoms with Crippen molar-refractivity contribution in [1.82, 2.24) is 15.0 Å². The number of piperidine rings is 1. The number of hydrogen-bond acceptors (Lipinski definition) is 5. The van der Waals surface area contributed by atoms with Gasteiger partial charge in [0, 0.05) is 17.1 Å². The molecule has 1 atom stereocenters. The summed E-state index contributed by atoms with van der Waals surface area (Å²) in [6.45, 7) is 6.18. The summed E-state index contributed by atoms with van der Waals surface area (Å²) >= 11 is 6.02. The maximum Gasteiger partial charge on any atom is 0.410 e. The Hall–Kier alpha value is -2.08. The van der Waals surface area contributed by atoms with E-state index in [1.54, 1.807) is 17.0 Å². The second-order valence-corrected chi connectivity index (χ2v) is 7.59. The maximum atomic E-state index is 12.5. The van der Waals surface area contributed by atoms with Gasteiger partial charge in [0.25, 0.3) is 0 Å². The molecular formula is C18H22ClN3O3. The van der Waals surface area contributed by atoms with E-state index in [0.717, 1.165) is 24.8 Å². The fraction of sp³-hybridized carbons (Fsp3) is 0.500. The van der Waals surface area contributed by atoms with Crippen LogP contribution in [0.25, 0.3) is 11.4 Å². The Kier molecular flexibility index (Phi) is 4.99. The zero-order valence-corrected chi connectivity index (χ0v) is 15.4. The summed E-state index contributed by atoms with van der Waals surface area (Å²) in [5.74, 6) is 0.896. The molecule has 1 aliphatic heterocycles. The van der Waals surface area contributed by atoms with Crippen LogP contribution in [0.3, 0.4) is 0 Å². The highest BCUT2D eigenvalue weighted by Crippen LogP contribution is 2.32. The number of hydrogen-bond donors (Lipinski definition) is 0. The van der Waals surface area contributed by atoms with Crippen molar-refractivity contribution in [3.63, 3.8) is 0 Å². The van der Waals surface area contributed by atoms with Gasteiger partial charge in [-0.1, -0.05) is 28.9 Å². The number of carbonyl (C=O) groups excluding carboxylic acids is 1. The van der Waals surface area contributed by atoms with Crippen LogP contribution in [-0.2, 0) is 4.74 Å². The van der Waals surface area contributed by atoms with Crippen molar-refractivity contribution in [2.24, 2.45) is 0 Å². The van der Waals surface area contributed by atoms with Crippen LogP contribution in [0.5, 0.6) is 0 Å². The summed E-state index contributed by atoms with van der Waals surface area (Å²) in [4.78, 5) is 18.7. The molecule has 0 spiro atoms. The predicted octanol–water partition coefficient (Wildman–Crippen LogP) is 4.85. The lowest BCUT2D eigenvalue weighted by molar-refractivity contribution is 0.00538. The molecule has 7 heteroatoms. The molecule has 25 heavy (non-hydrogen) atoms. The first-order chi connectivity index (χ1) is 11.8. The van der Waals surface area contributed by atoms with Crippen molar-refractivity contribution in [3.05, 3.63) is 35.2 Å². The van der Waals surface area contributed by atoms with Gasteiger partial charge in [0.15, 0.2) is 0 Å². The summed E-state index contributed by atoms with van der Waals surface area (Å²) in [5.41, 5.74) is 0.238. The largest absolute Gasteiger partial charge is 0.444 e. The summed E-state index contributed by atoms with van der Waals surface area (Å²) in [5, 5.41) is 4.66. The fourth-order valence-corrected chi connectivity index (χ4v) is 3.03. The molecule has 0 N–H and O–H groups in total. The van der Waals surface area contributed by atoms with Crippen molar-refractivity contribution < 1.29 is 14.1 Å². The lowest BCUT2D eigenvalue weighted by atomic mass is 10.0. The SMILES string of the molecule is CC(C)(C)OC(=O)N1CCCCC1c1nc(-c2cccc(Cl)c2)no1. The van der Waals surface area contributed by atoms with Crippen LogP contribution < -0.4 is 0 Å². The standard InChI is InChI=1S/C18H22ClN3O3/c1-18(2,3)24-17(23)22-10-5-4-9-14(22)16-20-15(21-25-16)12-7-6-8-13(19)11-12/h6-8,11,14H,4-5,9-10H2,1-3H3. The van der Waals surface area contributed by atoms with Crippen LogP contribution in [0.1, 0.15) is 52.0 Å². The van der Waals surface area contributed by atoms with E-state index in [1.807, 2.05) is 32.9 Å². The summed E-state index contributed by atoms with van der Waals surface area (Å²) in [7, 11) is 0. The van der Waals surface area contributed by atoms with E-state index in [0.29, 0.717) is 23.3 Å². The minimum absolute atomic E-state index is 0.260. The Bertz CT molecular complexity index is 754. The molecule has 1 aliphatic rings. The van der Waals surface area contributed by atoms with E-state index >= 15 is 0 Å². The first-order valence-electron chi connectivity index (χ1n) is 8.43. The van der Waals surface area contributed by atoms with E-state index in [4.69, 9.17) is 20.9 Å². The summed E-state index contributed by atoms with van der Waals surface area (Å²) in [6, 6.07) is 7.01. The van der Waals surface area contributed by atoms with E-state index < -0.39 is 5.60 Å². The molecule has 0 bridgehead atoms. The highest BCUT2D eigenvalue weighted by Gasteiger charge is 2.34. The lowest BCUT2D eigenvalue weighted by Crippen LogP contribution is -2.42. The zero-order valence-electron chi connectivity index (χ0n) is 14.7. The smallest absolute Gasteiger partial charge is 0.410 e. The molecule has 1 unspecified atom stereocenters. The minimum Gasteiger partial charge on any atom is -0.444 e. The molecule has 2 heterocycles. The Balaban J connectivity index is 1.82. The van der Waals surface area contributed by atoms with Crippen molar-refractivity contribution in [2.75, 3.05) is 6.54 Å². The Labute approximate surface area is 152 Å². The highest BCUT2D eigenvalue weighted by molar-refractivity contribution is 6.30. The first kappa shape index (κ1) is 17.7. The third-order valence-corrected chi connectivity index (χ3v) is 4.18. The number of likely N-dealkylation sites (tertiary alicyclic amines) is 1. The van der Waals surface area contributed by atoms with Crippen molar-refractivity contribution in [2.45, 2.75) is 51.7 Å². The van der Waals surface area contributed by atoms with E-state index in [1.165, 1.54) is 0 Å². The van der Waals surface area contributed by atoms with Gasteiger partial charge in [-0.2, -0.15) is 4.98 Å². The molecular weight excluding hydrogens is 342 g/mol. The Morgan fingerprint density at radius 1 is 1.36 bits per heavy atom. The minimum atomic E-state index is -0.542. The Morgan fingerprint density at radius 2 is 2.16 bits per heavy atom. The monoisotopic (exact) mass is 363 g/mol. The average Bonchev–Trinajstić information content (AvgIpc) is 3.03. The third kappa shape index (κ3) is 4.31. The van der Waals surface area contributed by atoms with Gasteiger partial charge in [0.05, 0.1) is 0 Å². The first-order valence-corrected chi connectivity index (χ1v) is 8.80.